The lowest BCUT2D eigenvalue weighted by Gasteiger charge is -2.27. The number of hydrogen-bond donors (Lipinski definition) is 1. The molecule has 0 spiro atoms. The van der Waals surface area contributed by atoms with Crippen LogP contribution in [-0.4, -0.2) is 29.8 Å². The lowest BCUT2D eigenvalue weighted by molar-refractivity contribution is -0.136. The van der Waals surface area contributed by atoms with Crippen LogP contribution in [-0.2, 0) is 22.6 Å². The van der Waals surface area contributed by atoms with E-state index in [0.29, 0.717) is 6.54 Å². The van der Waals surface area contributed by atoms with Crippen molar-refractivity contribution in [3.05, 3.63) is 58.3 Å². The van der Waals surface area contributed by atoms with Crippen LogP contribution in [0.5, 0.6) is 0 Å². The molecule has 1 N–H and O–H groups in total. The second-order valence-corrected chi connectivity index (χ2v) is 7.26. The van der Waals surface area contributed by atoms with E-state index in [1.807, 2.05) is 61.7 Å². The van der Waals surface area contributed by atoms with Crippen LogP contribution >= 0.6 is 11.3 Å². The molecule has 0 aliphatic rings. The van der Waals surface area contributed by atoms with Gasteiger partial charge in [0.05, 0.1) is 13.0 Å². The first-order valence-corrected chi connectivity index (χ1v) is 8.96. The summed E-state index contributed by atoms with van der Waals surface area (Å²) in [6.45, 7) is 4.46. The third-order valence-electron chi connectivity index (χ3n) is 3.81. The summed E-state index contributed by atoms with van der Waals surface area (Å²) in [5.41, 5.74) is 0.942. The number of benzene rings is 1. The molecular weight excluding hydrogens is 320 g/mol. The summed E-state index contributed by atoms with van der Waals surface area (Å²) in [4.78, 5) is 27.8. The largest absolute Gasteiger partial charge is 0.344 e. The van der Waals surface area contributed by atoms with Crippen molar-refractivity contribution in [1.82, 2.24) is 10.2 Å². The summed E-state index contributed by atoms with van der Waals surface area (Å²) in [5, 5.41) is 4.89. The highest BCUT2D eigenvalue weighted by Gasteiger charge is 2.27. The predicted octanol–water partition coefficient (Wildman–Crippen LogP) is 3.09. The molecule has 0 saturated heterocycles. The third-order valence-corrected chi connectivity index (χ3v) is 4.67. The van der Waals surface area contributed by atoms with Gasteiger partial charge in [0.2, 0.25) is 11.8 Å². The smallest absolute Gasteiger partial charge is 0.245 e. The highest BCUT2D eigenvalue weighted by molar-refractivity contribution is 7.09. The minimum Gasteiger partial charge on any atom is -0.344 e. The van der Waals surface area contributed by atoms with Crippen molar-refractivity contribution in [2.24, 2.45) is 5.92 Å². The number of hydrogen-bond acceptors (Lipinski definition) is 3. The summed E-state index contributed by atoms with van der Waals surface area (Å²) >= 11 is 1.62. The van der Waals surface area contributed by atoms with Crippen LogP contribution in [0.4, 0.5) is 0 Å². The van der Waals surface area contributed by atoms with E-state index >= 15 is 0 Å². The van der Waals surface area contributed by atoms with Gasteiger partial charge in [0, 0.05) is 11.9 Å². The lowest BCUT2D eigenvalue weighted by Crippen LogP contribution is -2.50. The molecule has 1 aromatic carbocycles. The highest BCUT2D eigenvalue weighted by Crippen LogP contribution is 2.13. The van der Waals surface area contributed by atoms with Gasteiger partial charge >= 0.3 is 0 Å². The Morgan fingerprint density at radius 1 is 1.12 bits per heavy atom. The zero-order valence-corrected chi connectivity index (χ0v) is 15.2. The number of rotatable bonds is 7. The molecule has 0 aliphatic heterocycles. The summed E-state index contributed by atoms with van der Waals surface area (Å²) in [6.07, 6.45) is 0.284. The van der Waals surface area contributed by atoms with E-state index in [0.717, 1.165) is 10.4 Å². The van der Waals surface area contributed by atoms with Crippen molar-refractivity contribution in [1.29, 1.82) is 0 Å². The average molecular weight is 344 g/mol. The van der Waals surface area contributed by atoms with Crippen LogP contribution in [0.3, 0.4) is 0 Å². The van der Waals surface area contributed by atoms with Crippen LogP contribution in [0.2, 0.25) is 0 Å². The Labute approximate surface area is 147 Å². The Bertz CT molecular complexity index is 653. The van der Waals surface area contributed by atoms with Gasteiger partial charge in [0.15, 0.2) is 0 Å². The number of carbonyl (C=O) groups excluding carboxylic acids is 2. The zero-order valence-electron chi connectivity index (χ0n) is 14.4. The van der Waals surface area contributed by atoms with Crippen molar-refractivity contribution in [3.8, 4) is 0 Å². The minimum atomic E-state index is -0.508. The van der Waals surface area contributed by atoms with E-state index in [2.05, 4.69) is 5.32 Å². The number of likely N-dealkylation sites (N-methyl/N-ethyl adjacent to an activating group) is 1. The second-order valence-electron chi connectivity index (χ2n) is 6.23. The maximum absolute atomic E-state index is 12.7. The first-order chi connectivity index (χ1) is 11.5. The van der Waals surface area contributed by atoms with Gasteiger partial charge in [0.25, 0.3) is 0 Å². The van der Waals surface area contributed by atoms with Crippen molar-refractivity contribution < 1.29 is 9.59 Å². The molecule has 2 amide bonds. The highest BCUT2D eigenvalue weighted by atomic mass is 32.1. The lowest BCUT2D eigenvalue weighted by atomic mass is 10.0. The molecular formula is C19H24N2O2S. The fourth-order valence-electron chi connectivity index (χ4n) is 2.47. The molecule has 4 nitrogen and oxygen atoms in total. The van der Waals surface area contributed by atoms with Crippen molar-refractivity contribution in [2.45, 2.75) is 32.9 Å². The molecule has 0 radical (unpaired) electrons. The van der Waals surface area contributed by atoms with Crippen LogP contribution in [0.25, 0.3) is 0 Å². The molecule has 0 fully saturated rings. The number of nitrogens with zero attached hydrogens (tertiary/aromatic N) is 1. The van der Waals surface area contributed by atoms with Gasteiger partial charge < -0.3 is 10.2 Å². The quantitative estimate of drug-likeness (QED) is 0.839. The Morgan fingerprint density at radius 2 is 1.83 bits per heavy atom. The normalized spacial score (nSPS) is 12.0. The standard InChI is InChI=1S/C19H24N2O2S/c1-14(2)18(19(23)21(3)13-16-10-7-11-24-16)20-17(22)12-15-8-5-4-6-9-15/h4-11,14,18H,12-13H2,1-3H3,(H,20,22). The summed E-state index contributed by atoms with van der Waals surface area (Å²) < 4.78 is 0. The Kier molecular flexibility index (Phi) is 6.55. The second kappa shape index (κ2) is 8.64. The molecule has 1 heterocycles. The molecule has 0 bridgehead atoms. The van der Waals surface area contributed by atoms with E-state index in [-0.39, 0.29) is 24.2 Å². The molecule has 1 unspecified atom stereocenters. The first-order valence-electron chi connectivity index (χ1n) is 8.08. The Hall–Kier alpha value is -2.14. The summed E-state index contributed by atoms with van der Waals surface area (Å²) in [7, 11) is 1.78. The number of carbonyl (C=O) groups is 2. The van der Waals surface area contributed by atoms with E-state index < -0.39 is 6.04 Å². The van der Waals surface area contributed by atoms with E-state index in [1.165, 1.54) is 0 Å². The number of nitrogens with one attached hydrogen (secondary N) is 1. The van der Waals surface area contributed by atoms with Gasteiger partial charge in [0.1, 0.15) is 6.04 Å². The summed E-state index contributed by atoms with van der Waals surface area (Å²) in [6, 6.07) is 13.0. The Morgan fingerprint density at radius 3 is 2.42 bits per heavy atom. The van der Waals surface area contributed by atoms with E-state index in [4.69, 9.17) is 0 Å². The monoisotopic (exact) mass is 344 g/mol. The van der Waals surface area contributed by atoms with Crippen molar-refractivity contribution >= 4 is 23.2 Å². The van der Waals surface area contributed by atoms with Crippen molar-refractivity contribution in [2.75, 3.05) is 7.05 Å². The molecule has 1 atom stereocenters. The molecule has 0 aliphatic carbocycles. The molecule has 0 saturated carbocycles. The molecule has 5 heteroatoms. The minimum absolute atomic E-state index is 0.0306. The van der Waals surface area contributed by atoms with Gasteiger partial charge in [-0.05, 0) is 22.9 Å². The predicted molar refractivity (Wildman–Crippen MR) is 97.7 cm³/mol. The van der Waals surface area contributed by atoms with Crippen LogP contribution < -0.4 is 5.32 Å². The van der Waals surface area contributed by atoms with Gasteiger partial charge in [-0.25, -0.2) is 0 Å². The van der Waals surface area contributed by atoms with Gasteiger partial charge in [-0.15, -0.1) is 11.3 Å². The Balaban J connectivity index is 1.97. The van der Waals surface area contributed by atoms with E-state index in [1.54, 1.807) is 23.3 Å². The third kappa shape index (κ3) is 5.20. The van der Waals surface area contributed by atoms with Crippen molar-refractivity contribution in [3.63, 3.8) is 0 Å². The van der Waals surface area contributed by atoms with Crippen LogP contribution in [0.1, 0.15) is 24.3 Å². The molecule has 2 rings (SSSR count). The van der Waals surface area contributed by atoms with Gasteiger partial charge in [-0.2, -0.15) is 0 Å². The SMILES string of the molecule is CC(C)C(NC(=O)Cc1ccccc1)C(=O)N(C)Cc1cccs1. The maximum Gasteiger partial charge on any atom is 0.245 e. The van der Waals surface area contributed by atoms with Gasteiger partial charge in [-0.1, -0.05) is 50.2 Å². The summed E-state index contributed by atoms with van der Waals surface area (Å²) in [5.74, 6) is -0.152. The molecule has 1 aromatic heterocycles. The van der Waals surface area contributed by atoms with Gasteiger partial charge in [-0.3, -0.25) is 9.59 Å². The topological polar surface area (TPSA) is 49.4 Å². The number of amides is 2. The average Bonchev–Trinajstić information content (AvgIpc) is 3.05. The molecule has 24 heavy (non-hydrogen) atoms. The zero-order chi connectivity index (χ0) is 17.5. The van der Waals surface area contributed by atoms with Crippen LogP contribution in [0, 0.1) is 5.92 Å². The molecule has 128 valence electrons. The number of thiophene rings is 1. The maximum atomic E-state index is 12.7. The van der Waals surface area contributed by atoms with E-state index in [9.17, 15) is 9.59 Å². The molecule has 2 aromatic rings. The fourth-order valence-corrected chi connectivity index (χ4v) is 3.23. The fraction of sp³-hybridized carbons (Fsp3) is 0.368. The van der Waals surface area contributed by atoms with Crippen LogP contribution in [0.15, 0.2) is 47.8 Å². The first kappa shape index (κ1) is 18.2.